The van der Waals surface area contributed by atoms with Crippen LogP contribution in [-0.2, 0) is 16.0 Å². The first kappa shape index (κ1) is 22.1. The van der Waals surface area contributed by atoms with Crippen molar-refractivity contribution in [2.45, 2.75) is 45.6 Å². The molecule has 2 N–H and O–H groups in total. The number of hydrogen-bond acceptors (Lipinski definition) is 5. The number of amides is 2. The minimum Gasteiger partial charge on any atom is -0.444 e. The quantitative estimate of drug-likeness (QED) is 0.514. The van der Waals surface area contributed by atoms with Crippen LogP contribution < -0.4 is 10.6 Å². The fourth-order valence-electron chi connectivity index (χ4n) is 2.84. The summed E-state index contributed by atoms with van der Waals surface area (Å²) in [5, 5.41) is 5.50. The fourth-order valence-corrected chi connectivity index (χ4v) is 2.84. The van der Waals surface area contributed by atoms with Crippen LogP contribution >= 0.6 is 0 Å². The highest BCUT2D eigenvalue weighted by molar-refractivity contribution is 5.91. The van der Waals surface area contributed by atoms with E-state index in [1.165, 1.54) is 0 Å². The summed E-state index contributed by atoms with van der Waals surface area (Å²) < 4.78 is 11.0. The largest absolute Gasteiger partial charge is 0.444 e. The molecule has 0 fully saturated rings. The van der Waals surface area contributed by atoms with Crippen molar-refractivity contribution < 1.29 is 18.7 Å². The van der Waals surface area contributed by atoms with E-state index in [0.717, 1.165) is 11.3 Å². The SMILES string of the molecule is CC(C)(C)OC(=O)Nc1ccc(NC(=O)CCCc2ncc(-c3ccccc3)o2)cc1. The number of hydrogen-bond donors (Lipinski definition) is 2. The third-order valence-corrected chi connectivity index (χ3v) is 4.22. The first-order valence-corrected chi connectivity index (χ1v) is 10.2. The monoisotopic (exact) mass is 421 g/mol. The topological polar surface area (TPSA) is 93.5 Å². The minimum absolute atomic E-state index is 0.0947. The van der Waals surface area contributed by atoms with Gasteiger partial charge in [-0.25, -0.2) is 9.78 Å². The van der Waals surface area contributed by atoms with E-state index in [2.05, 4.69) is 15.6 Å². The Morgan fingerprint density at radius 1 is 0.968 bits per heavy atom. The molecule has 0 radical (unpaired) electrons. The van der Waals surface area contributed by atoms with Gasteiger partial charge in [0.1, 0.15) is 5.60 Å². The molecule has 0 unspecified atom stereocenters. The Hall–Kier alpha value is -3.61. The van der Waals surface area contributed by atoms with Crippen molar-refractivity contribution in [3.8, 4) is 11.3 Å². The second kappa shape index (κ2) is 9.93. The van der Waals surface area contributed by atoms with Crippen molar-refractivity contribution in [1.82, 2.24) is 4.98 Å². The van der Waals surface area contributed by atoms with Crippen molar-refractivity contribution in [2.24, 2.45) is 0 Å². The van der Waals surface area contributed by atoms with E-state index in [-0.39, 0.29) is 5.91 Å². The Labute approximate surface area is 181 Å². The number of aromatic nitrogens is 1. The van der Waals surface area contributed by atoms with Gasteiger partial charge < -0.3 is 14.5 Å². The van der Waals surface area contributed by atoms with Crippen LogP contribution in [0, 0.1) is 0 Å². The molecule has 0 aliphatic rings. The molecular formula is C24H27N3O4. The van der Waals surface area contributed by atoms with Crippen molar-refractivity contribution in [2.75, 3.05) is 10.6 Å². The zero-order valence-corrected chi connectivity index (χ0v) is 18.0. The molecule has 2 amide bonds. The van der Waals surface area contributed by atoms with Crippen LogP contribution in [0.15, 0.2) is 65.2 Å². The number of rotatable bonds is 7. The van der Waals surface area contributed by atoms with Gasteiger partial charge in [-0.15, -0.1) is 0 Å². The van der Waals surface area contributed by atoms with Gasteiger partial charge in [0, 0.05) is 29.8 Å². The minimum atomic E-state index is -0.563. The highest BCUT2D eigenvalue weighted by atomic mass is 16.6. The van der Waals surface area contributed by atoms with Crippen molar-refractivity contribution in [3.05, 3.63) is 66.7 Å². The van der Waals surface area contributed by atoms with E-state index in [4.69, 9.17) is 9.15 Å². The van der Waals surface area contributed by atoms with Crippen LogP contribution in [0.25, 0.3) is 11.3 Å². The summed E-state index contributed by atoms with van der Waals surface area (Å²) in [6.45, 7) is 5.40. The first-order valence-electron chi connectivity index (χ1n) is 10.2. The van der Waals surface area contributed by atoms with E-state index < -0.39 is 11.7 Å². The van der Waals surface area contributed by atoms with E-state index in [9.17, 15) is 9.59 Å². The molecule has 0 saturated carbocycles. The molecule has 3 aromatic rings. The van der Waals surface area contributed by atoms with Crippen molar-refractivity contribution >= 4 is 23.4 Å². The smallest absolute Gasteiger partial charge is 0.412 e. The van der Waals surface area contributed by atoms with Crippen molar-refractivity contribution in [1.29, 1.82) is 0 Å². The molecule has 0 atom stereocenters. The maximum Gasteiger partial charge on any atom is 0.412 e. The zero-order valence-electron chi connectivity index (χ0n) is 18.0. The number of benzene rings is 2. The molecule has 0 spiro atoms. The normalized spacial score (nSPS) is 11.1. The number of oxazole rings is 1. The Bertz CT molecular complexity index is 1010. The molecule has 2 aromatic carbocycles. The van der Waals surface area contributed by atoms with Crippen LogP contribution in [0.3, 0.4) is 0 Å². The summed E-state index contributed by atoms with van der Waals surface area (Å²) >= 11 is 0. The van der Waals surface area contributed by atoms with Gasteiger partial charge in [-0.1, -0.05) is 30.3 Å². The highest BCUT2D eigenvalue weighted by Gasteiger charge is 2.16. The number of carbonyl (C=O) groups excluding carboxylic acids is 2. The Morgan fingerprint density at radius 2 is 1.61 bits per heavy atom. The van der Waals surface area contributed by atoms with Gasteiger partial charge in [0.15, 0.2) is 11.7 Å². The molecule has 0 saturated heterocycles. The van der Waals surface area contributed by atoms with Crippen LogP contribution in [0.2, 0.25) is 0 Å². The predicted molar refractivity (Wildman–Crippen MR) is 120 cm³/mol. The second-order valence-electron chi connectivity index (χ2n) is 8.09. The van der Waals surface area contributed by atoms with Gasteiger partial charge in [0.05, 0.1) is 6.20 Å². The lowest BCUT2D eigenvalue weighted by atomic mass is 10.2. The van der Waals surface area contributed by atoms with Gasteiger partial charge in [-0.2, -0.15) is 0 Å². The summed E-state index contributed by atoms with van der Waals surface area (Å²) in [6.07, 6.45) is 2.74. The molecule has 0 aliphatic carbocycles. The van der Waals surface area contributed by atoms with Crippen LogP contribution in [-0.4, -0.2) is 22.6 Å². The number of nitrogens with zero attached hydrogens (tertiary/aromatic N) is 1. The molecule has 0 aliphatic heterocycles. The third kappa shape index (κ3) is 7.29. The van der Waals surface area contributed by atoms with Gasteiger partial charge in [-0.05, 0) is 51.5 Å². The molecule has 162 valence electrons. The number of nitrogens with one attached hydrogen (secondary N) is 2. The van der Waals surface area contributed by atoms with E-state index >= 15 is 0 Å². The summed E-state index contributed by atoms with van der Waals surface area (Å²) in [4.78, 5) is 28.3. The lowest BCUT2D eigenvalue weighted by Gasteiger charge is -2.19. The number of carbonyl (C=O) groups is 2. The molecule has 31 heavy (non-hydrogen) atoms. The van der Waals surface area contributed by atoms with Crippen LogP contribution in [0.1, 0.15) is 39.5 Å². The molecular weight excluding hydrogens is 394 g/mol. The van der Waals surface area contributed by atoms with Gasteiger partial charge >= 0.3 is 6.09 Å². The molecule has 1 aromatic heterocycles. The zero-order chi connectivity index (χ0) is 22.3. The Kier molecular flexibility index (Phi) is 7.07. The Balaban J connectivity index is 1.42. The number of anilines is 2. The van der Waals surface area contributed by atoms with Gasteiger partial charge in [0.2, 0.25) is 5.91 Å². The maximum absolute atomic E-state index is 12.2. The molecule has 1 heterocycles. The first-order chi connectivity index (χ1) is 14.8. The summed E-state index contributed by atoms with van der Waals surface area (Å²) in [5.41, 5.74) is 1.66. The second-order valence-corrected chi connectivity index (χ2v) is 8.09. The van der Waals surface area contributed by atoms with E-state index in [1.807, 2.05) is 30.3 Å². The standard InChI is InChI=1S/C24H27N3O4/c1-24(2,3)31-23(29)27-19-14-12-18(13-15-19)26-21(28)10-7-11-22-25-16-20(30-22)17-8-5-4-6-9-17/h4-6,8-9,12-16H,7,10-11H2,1-3H3,(H,26,28)(H,27,29). The van der Waals surface area contributed by atoms with E-state index in [1.54, 1.807) is 51.2 Å². The lowest BCUT2D eigenvalue weighted by molar-refractivity contribution is -0.116. The molecule has 3 rings (SSSR count). The highest BCUT2D eigenvalue weighted by Crippen LogP contribution is 2.21. The molecule has 0 bridgehead atoms. The number of ether oxygens (including phenoxy) is 1. The predicted octanol–water partition coefficient (Wildman–Crippen LogP) is 5.65. The maximum atomic E-state index is 12.2. The van der Waals surface area contributed by atoms with Gasteiger partial charge in [0.25, 0.3) is 0 Å². The third-order valence-electron chi connectivity index (χ3n) is 4.22. The summed E-state index contributed by atoms with van der Waals surface area (Å²) in [7, 11) is 0. The number of aryl methyl sites for hydroxylation is 1. The van der Waals surface area contributed by atoms with Crippen LogP contribution in [0.5, 0.6) is 0 Å². The van der Waals surface area contributed by atoms with E-state index in [0.29, 0.717) is 36.5 Å². The average molecular weight is 421 g/mol. The summed E-state index contributed by atoms with van der Waals surface area (Å²) in [5.74, 6) is 1.24. The average Bonchev–Trinajstić information content (AvgIpc) is 3.18. The summed E-state index contributed by atoms with van der Waals surface area (Å²) in [6, 6.07) is 16.6. The molecule has 7 nitrogen and oxygen atoms in total. The van der Waals surface area contributed by atoms with Gasteiger partial charge in [-0.3, -0.25) is 10.1 Å². The Morgan fingerprint density at radius 3 is 2.26 bits per heavy atom. The fraction of sp³-hybridized carbons (Fsp3) is 0.292. The molecule has 7 heteroatoms. The van der Waals surface area contributed by atoms with Crippen LogP contribution in [0.4, 0.5) is 16.2 Å². The lowest BCUT2D eigenvalue weighted by Crippen LogP contribution is -2.27. The van der Waals surface area contributed by atoms with Crippen molar-refractivity contribution in [3.63, 3.8) is 0 Å².